The molecule has 0 aliphatic carbocycles. The maximum absolute atomic E-state index is 12.7. The number of nitrogens with zero attached hydrogens (tertiary/aromatic N) is 1. The molecule has 0 radical (unpaired) electrons. The average molecular weight is 424 g/mol. The zero-order chi connectivity index (χ0) is 21.4. The summed E-state index contributed by atoms with van der Waals surface area (Å²) in [5, 5.41) is -0.271. The van der Waals surface area contributed by atoms with Gasteiger partial charge in [-0.15, -0.1) is 0 Å². The Morgan fingerprint density at radius 2 is 1.55 bits per heavy atom. The van der Waals surface area contributed by atoms with Crippen LogP contribution >= 0.6 is 0 Å². The molecule has 1 saturated heterocycles. The molecule has 29 heavy (non-hydrogen) atoms. The van der Waals surface area contributed by atoms with Gasteiger partial charge < -0.3 is 9.64 Å². The van der Waals surface area contributed by atoms with E-state index >= 15 is 0 Å². The topological polar surface area (TPSA) is 63.7 Å². The first-order valence-electron chi connectivity index (χ1n) is 10.9. The standard InChI is InChI=1S/C23H37NO4S/c1-18(2)29(26,27)15-9-7-5-6-8-10-21-11-13-22(14-12-21)23(25)24-16-19(3)28-20(4)17-24/h11-14,18-20H,5-10,15-17H2,1-4H3/t19-,20+. The highest BCUT2D eigenvalue weighted by Gasteiger charge is 2.26. The second kappa shape index (κ2) is 11.1. The lowest BCUT2D eigenvalue weighted by molar-refractivity contribution is -0.0586. The first-order valence-corrected chi connectivity index (χ1v) is 12.7. The molecular weight excluding hydrogens is 386 g/mol. The summed E-state index contributed by atoms with van der Waals surface area (Å²) in [6.45, 7) is 8.78. The highest BCUT2D eigenvalue weighted by molar-refractivity contribution is 7.91. The van der Waals surface area contributed by atoms with Gasteiger partial charge in [0.25, 0.3) is 5.91 Å². The number of sulfone groups is 1. The number of morpholine rings is 1. The van der Waals surface area contributed by atoms with Crippen LogP contribution in [-0.4, -0.2) is 55.5 Å². The molecule has 5 nitrogen and oxygen atoms in total. The van der Waals surface area contributed by atoms with Crippen LogP contribution in [0.2, 0.25) is 0 Å². The summed E-state index contributed by atoms with van der Waals surface area (Å²) in [6.07, 6.45) is 6.13. The van der Waals surface area contributed by atoms with Gasteiger partial charge >= 0.3 is 0 Å². The molecule has 0 spiro atoms. The number of benzene rings is 1. The number of amides is 1. The molecule has 2 rings (SSSR count). The van der Waals surface area contributed by atoms with Crippen LogP contribution in [0, 0.1) is 0 Å². The van der Waals surface area contributed by atoms with Crippen LogP contribution in [0.15, 0.2) is 24.3 Å². The summed E-state index contributed by atoms with van der Waals surface area (Å²) in [5.41, 5.74) is 1.98. The van der Waals surface area contributed by atoms with Crippen LogP contribution < -0.4 is 0 Å². The van der Waals surface area contributed by atoms with Gasteiger partial charge in [-0.05, 0) is 64.7 Å². The van der Waals surface area contributed by atoms with Gasteiger partial charge in [-0.1, -0.05) is 31.4 Å². The third-order valence-electron chi connectivity index (χ3n) is 5.52. The van der Waals surface area contributed by atoms with Crippen LogP contribution in [0.5, 0.6) is 0 Å². The van der Waals surface area contributed by atoms with E-state index in [4.69, 9.17) is 4.74 Å². The third-order valence-corrected chi connectivity index (χ3v) is 7.81. The van der Waals surface area contributed by atoms with E-state index in [0.717, 1.165) is 44.1 Å². The molecule has 0 N–H and O–H groups in total. The molecular formula is C23H37NO4S. The van der Waals surface area contributed by atoms with Crippen molar-refractivity contribution in [2.24, 2.45) is 0 Å². The SMILES string of the molecule is CC(C)S(=O)(=O)CCCCCCCc1ccc(C(=O)N2C[C@@H](C)O[C@@H](C)C2)cc1. The van der Waals surface area contributed by atoms with E-state index in [0.29, 0.717) is 18.8 Å². The van der Waals surface area contributed by atoms with E-state index < -0.39 is 9.84 Å². The molecule has 164 valence electrons. The lowest BCUT2D eigenvalue weighted by atomic mass is 10.0. The second-order valence-corrected chi connectivity index (χ2v) is 11.3. The van der Waals surface area contributed by atoms with Crippen molar-refractivity contribution < 1.29 is 17.9 Å². The molecule has 0 aromatic heterocycles. The highest BCUT2D eigenvalue weighted by Crippen LogP contribution is 2.16. The number of carbonyl (C=O) groups excluding carboxylic acids is 1. The molecule has 1 fully saturated rings. The summed E-state index contributed by atoms with van der Waals surface area (Å²) in [7, 11) is -2.90. The first kappa shape index (κ1) is 23.9. The van der Waals surface area contributed by atoms with Crippen molar-refractivity contribution in [3.05, 3.63) is 35.4 Å². The van der Waals surface area contributed by atoms with Gasteiger partial charge in [-0.3, -0.25) is 4.79 Å². The molecule has 0 bridgehead atoms. The summed E-state index contributed by atoms with van der Waals surface area (Å²) in [5.74, 6) is 0.385. The van der Waals surface area contributed by atoms with Crippen molar-refractivity contribution >= 4 is 15.7 Å². The first-order chi connectivity index (χ1) is 13.7. The largest absolute Gasteiger partial charge is 0.372 e. The zero-order valence-electron chi connectivity index (χ0n) is 18.4. The predicted octanol–water partition coefficient (Wildman–Crippen LogP) is 4.25. The molecule has 1 aliphatic rings. The molecule has 6 heteroatoms. The zero-order valence-corrected chi connectivity index (χ0v) is 19.2. The Hall–Kier alpha value is -1.40. The molecule has 1 heterocycles. The summed E-state index contributed by atoms with van der Waals surface area (Å²) >= 11 is 0. The Morgan fingerprint density at radius 3 is 2.14 bits per heavy atom. The summed E-state index contributed by atoms with van der Waals surface area (Å²) in [4.78, 5) is 14.6. The van der Waals surface area contributed by atoms with Crippen LogP contribution in [0.1, 0.15) is 75.7 Å². The number of carbonyl (C=O) groups is 1. The van der Waals surface area contributed by atoms with E-state index in [2.05, 4.69) is 12.1 Å². The summed E-state index contributed by atoms with van der Waals surface area (Å²) in [6, 6.07) is 7.96. The van der Waals surface area contributed by atoms with E-state index in [-0.39, 0.29) is 23.4 Å². The van der Waals surface area contributed by atoms with Crippen molar-refractivity contribution in [3.63, 3.8) is 0 Å². The number of rotatable bonds is 10. The fourth-order valence-corrected chi connectivity index (χ4v) is 4.82. The fraction of sp³-hybridized carbons (Fsp3) is 0.696. The lowest BCUT2D eigenvalue weighted by Crippen LogP contribution is -2.48. The Balaban J connectivity index is 1.68. The van der Waals surface area contributed by atoms with E-state index in [1.165, 1.54) is 5.56 Å². The van der Waals surface area contributed by atoms with E-state index in [1.54, 1.807) is 13.8 Å². The maximum atomic E-state index is 12.7. The Labute approximate surface area is 176 Å². The van der Waals surface area contributed by atoms with Crippen molar-refractivity contribution in [3.8, 4) is 0 Å². The third kappa shape index (κ3) is 7.74. The van der Waals surface area contributed by atoms with E-state index in [9.17, 15) is 13.2 Å². The molecule has 0 saturated carbocycles. The Morgan fingerprint density at radius 1 is 1.00 bits per heavy atom. The monoisotopic (exact) mass is 423 g/mol. The van der Waals surface area contributed by atoms with Crippen LogP contribution in [0.4, 0.5) is 0 Å². The van der Waals surface area contributed by atoms with E-state index in [1.807, 2.05) is 30.9 Å². The molecule has 1 amide bonds. The van der Waals surface area contributed by atoms with Gasteiger partial charge in [0.1, 0.15) is 0 Å². The minimum Gasteiger partial charge on any atom is -0.372 e. The maximum Gasteiger partial charge on any atom is 0.254 e. The Bertz CT molecular complexity index is 733. The molecule has 2 atom stereocenters. The number of hydrogen-bond acceptors (Lipinski definition) is 4. The van der Waals surface area contributed by atoms with Gasteiger partial charge in [-0.2, -0.15) is 0 Å². The van der Waals surface area contributed by atoms with Crippen molar-refractivity contribution in [1.82, 2.24) is 4.90 Å². The van der Waals surface area contributed by atoms with Gasteiger partial charge in [0.2, 0.25) is 0 Å². The van der Waals surface area contributed by atoms with Gasteiger partial charge in [0.15, 0.2) is 9.84 Å². The molecule has 1 aromatic rings. The Kier molecular flexibility index (Phi) is 9.15. The van der Waals surface area contributed by atoms with Crippen molar-refractivity contribution in [2.45, 2.75) is 83.7 Å². The average Bonchev–Trinajstić information content (AvgIpc) is 2.66. The number of aryl methyl sites for hydroxylation is 1. The number of unbranched alkanes of at least 4 members (excludes halogenated alkanes) is 4. The minimum atomic E-state index is -2.90. The number of hydrogen-bond donors (Lipinski definition) is 0. The lowest BCUT2D eigenvalue weighted by Gasteiger charge is -2.35. The summed E-state index contributed by atoms with van der Waals surface area (Å²) < 4.78 is 29.3. The fourth-order valence-electron chi connectivity index (χ4n) is 3.74. The molecule has 0 unspecified atom stereocenters. The normalized spacial score (nSPS) is 20.2. The van der Waals surface area contributed by atoms with Gasteiger partial charge in [0, 0.05) is 18.7 Å². The van der Waals surface area contributed by atoms with Gasteiger partial charge in [0.05, 0.1) is 23.2 Å². The second-order valence-electron chi connectivity index (χ2n) is 8.60. The molecule has 1 aromatic carbocycles. The minimum absolute atomic E-state index is 0.0763. The number of ether oxygens (including phenoxy) is 1. The van der Waals surface area contributed by atoms with Crippen LogP contribution in [0.3, 0.4) is 0 Å². The molecule has 1 aliphatic heterocycles. The van der Waals surface area contributed by atoms with Crippen LogP contribution in [0.25, 0.3) is 0 Å². The predicted molar refractivity (Wildman–Crippen MR) is 118 cm³/mol. The highest BCUT2D eigenvalue weighted by atomic mass is 32.2. The van der Waals surface area contributed by atoms with Gasteiger partial charge in [-0.25, -0.2) is 8.42 Å². The van der Waals surface area contributed by atoms with Crippen LogP contribution in [-0.2, 0) is 21.0 Å². The quantitative estimate of drug-likeness (QED) is 0.528. The van der Waals surface area contributed by atoms with Crippen molar-refractivity contribution in [2.75, 3.05) is 18.8 Å². The smallest absolute Gasteiger partial charge is 0.254 e. The van der Waals surface area contributed by atoms with Crippen molar-refractivity contribution in [1.29, 1.82) is 0 Å².